The third kappa shape index (κ3) is 6.85. The molecule has 3 atom stereocenters. The number of ether oxygens (including phenoxy) is 1. The summed E-state index contributed by atoms with van der Waals surface area (Å²) in [6.45, 7) is 6.87. The Hall–Kier alpha value is -3.36. The fourth-order valence-corrected chi connectivity index (χ4v) is 5.65. The zero-order chi connectivity index (χ0) is 28.3. The summed E-state index contributed by atoms with van der Waals surface area (Å²) in [5, 5.41) is 17.9. The Labute approximate surface area is 235 Å². The van der Waals surface area contributed by atoms with Gasteiger partial charge in [0.1, 0.15) is 17.1 Å². The number of aliphatic hydroxyl groups excluding tert-OH is 1. The number of carbonyl (C=O) groups excluding carboxylic acids is 1. The lowest BCUT2D eigenvalue weighted by atomic mass is 9.73. The van der Waals surface area contributed by atoms with Crippen LogP contribution in [-0.2, 0) is 12.8 Å². The van der Waals surface area contributed by atoms with Gasteiger partial charge >= 0.3 is 0 Å². The first-order valence-corrected chi connectivity index (χ1v) is 14.1. The summed E-state index contributed by atoms with van der Waals surface area (Å²) < 4.78 is 19.9. The number of halogens is 1. The van der Waals surface area contributed by atoms with E-state index in [2.05, 4.69) is 42.5 Å². The predicted octanol–water partition coefficient (Wildman–Crippen LogP) is 4.94. The van der Waals surface area contributed by atoms with E-state index in [1.807, 2.05) is 6.20 Å². The normalized spacial score (nSPS) is 19.2. The molecule has 3 aromatic rings. The van der Waals surface area contributed by atoms with Crippen LogP contribution in [0.3, 0.4) is 0 Å². The lowest BCUT2D eigenvalue weighted by Crippen LogP contribution is -2.52. The second kappa shape index (κ2) is 11.6. The van der Waals surface area contributed by atoms with Gasteiger partial charge in [0.25, 0.3) is 5.91 Å². The first-order chi connectivity index (χ1) is 19.1. The summed E-state index contributed by atoms with van der Waals surface area (Å²) in [6.07, 6.45) is 7.72. The van der Waals surface area contributed by atoms with E-state index in [0.717, 1.165) is 48.8 Å². The van der Waals surface area contributed by atoms with Crippen LogP contribution in [0, 0.1) is 11.2 Å². The molecule has 3 N–H and O–H groups in total. The van der Waals surface area contributed by atoms with Gasteiger partial charge in [-0.2, -0.15) is 0 Å². The van der Waals surface area contributed by atoms with Gasteiger partial charge in [0.05, 0.1) is 12.1 Å². The number of fused-ring (bicyclic) bond motifs is 1. The molecule has 3 heterocycles. The van der Waals surface area contributed by atoms with E-state index < -0.39 is 12.1 Å². The van der Waals surface area contributed by atoms with Crippen LogP contribution in [0.15, 0.2) is 60.9 Å². The van der Waals surface area contributed by atoms with E-state index in [1.54, 1.807) is 36.5 Å². The number of aromatic nitrogens is 2. The SMILES string of the molecule is CC(C)(C)Cc1cnc2c(c1)[C@@H](NC[C@@H](O)[C@H](Cc1ccc(F)cc1)NC(=O)c1ccccn1)CC1(CCC1)O2. The number of nitrogens with zero attached hydrogens (tertiary/aromatic N) is 2. The molecule has 8 heteroatoms. The third-order valence-electron chi connectivity index (χ3n) is 7.82. The van der Waals surface area contributed by atoms with Gasteiger partial charge in [-0.25, -0.2) is 9.37 Å². The first-order valence-electron chi connectivity index (χ1n) is 14.1. The minimum Gasteiger partial charge on any atom is -0.471 e. The molecule has 5 rings (SSSR count). The monoisotopic (exact) mass is 546 g/mol. The van der Waals surface area contributed by atoms with Crippen molar-refractivity contribution in [2.24, 2.45) is 5.41 Å². The number of pyridine rings is 2. The van der Waals surface area contributed by atoms with Gasteiger partial charge in [-0.1, -0.05) is 39.0 Å². The summed E-state index contributed by atoms with van der Waals surface area (Å²) in [4.78, 5) is 21.8. The van der Waals surface area contributed by atoms with Gasteiger partial charge in [-0.3, -0.25) is 9.78 Å². The van der Waals surface area contributed by atoms with Gasteiger partial charge < -0.3 is 20.5 Å². The molecule has 1 aliphatic carbocycles. The highest BCUT2D eigenvalue weighted by molar-refractivity contribution is 5.92. The Balaban J connectivity index is 1.34. The van der Waals surface area contributed by atoms with Crippen molar-refractivity contribution >= 4 is 5.91 Å². The van der Waals surface area contributed by atoms with Crippen molar-refractivity contribution in [3.63, 3.8) is 0 Å². The second-order valence-electron chi connectivity index (χ2n) is 12.5. The molecule has 0 saturated heterocycles. The molecule has 0 radical (unpaired) electrons. The standard InChI is InChI=1S/C32H39FN4O3/c1-31(2,3)17-22-15-24-27(18-32(12-6-13-32)40-30(24)36-19-22)35-20-28(38)26(16-21-8-10-23(33)11-9-21)37-29(39)25-7-4-5-14-34-25/h4-5,7-11,14-15,19,26-28,35,38H,6,12-13,16-18,20H2,1-3H3,(H,37,39)/t26-,27-,28+/m0/s1. The number of rotatable bonds is 9. The van der Waals surface area contributed by atoms with Crippen LogP contribution in [0.5, 0.6) is 5.88 Å². The van der Waals surface area contributed by atoms with Crippen molar-refractivity contribution in [1.82, 2.24) is 20.6 Å². The Morgan fingerprint density at radius 1 is 1.15 bits per heavy atom. The number of hydrogen-bond donors (Lipinski definition) is 3. The van der Waals surface area contributed by atoms with Crippen LogP contribution in [-0.4, -0.2) is 45.3 Å². The van der Waals surface area contributed by atoms with E-state index in [4.69, 9.17) is 9.72 Å². The molecule has 1 aliphatic heterocycles. The van der Waals surface area contributed by atoms with Crippen molar-refractivity contribution in [3.8, 4) is 5.88 Å². The molecule has 1 fully saturated rings. The molecule has 1 amide bonds. The Bertz CT molecular complexity index is 1310. The number of carbonyl (C=O) groups is 1. The Morgan fingerprint density at radius 2 is 1.93 bits per heavy atom. The molecule has 0 unspecified atom stereocenters. The Morgan fingerprint density at radius 3 is 2.58 bits per heavy atom. The molecule has 212 valence electrons. The van der Waals surface area contributed by atoms with Crippen molar-refractivity contribution in [2.75, 3.05) is 6.54 Å². The number of aliphatic hydroxyl groups is 1. The van der Waals surface area contributed by atoms with Crippen LogP contribution < -0.4 is 15.4 Å². The highest BCUT2D eigenvalue weighted by Crippen LogP contribution is 2.48. The number of hydrogen-bond acceptors (Lipinski definition) is 6. The second-order valence-corrected chi connectivity index (χ2v) is 12.5. The van der Waals surface area contributed by atoms with Crippen molar-refractivity contribution < 1.29 is 19.0 Å². The van der Waals surface area contributed by atoms with Crippen molar-refractivity contribution in [2.45, 2.75) is 83.1 Å². The maximum atomic E-state index is 13.5. The van der Waals surface area contributed by atoms with E-state index >= 15 is 0 Å². The maximum Gasteiger partial charge on any atom is 0.270 e. The molecule has 0 bridgehead atoms. The molecule has 1 aromatic carbocycles. The van der Waals surface area contributed by atoms with Crippen LogP contribution in [0.4, 0.5) is 4.39 Å². The van der Waals surface area contributed by atoms with E-state index in [-0.39, 0.29) is 41.0 Å². The lowest BCUT2D eigenvalue weighted by Gasteiger charge is -2.47. The number of nitrogens with one attached hydrogen (secondary N) is 2. The van der Waals surface area contributed by atoms with E-state index in [0.29, 0.717) is 12.3 Å². The fraction of sp³-hybridized carbons (Fsp3) is 0.469. The smallest absolute Gasteiger partial charge is 0.270 e. The molecule has 1 saturated carbocycles. The topological polar surface area (TPSA) is 96.4 Å². The van der Waals surface area contributed by atoms with Crippen molar-refractivity contribution in [1.29, 1.82) is 0 Å². The maximum absolute atomic E-state index is 13.5. The largest absolute Gasteiger partial charge is 0.471 e. The van der Waals surface area contributed by atoms with Crippen molar-refractivity contribution in [3.05, 3.63) is 89.1 Å². The fourth-order valence-electron chi connectivity index (χ4n) is 5.65. The van der Waals surface area contributed by atoms with Gasteiger partial charge in [-0.05, 0) is 79.0 Å². The van der Waals surface area contributed by atoms with Crippen LogP contribution >= 0.6 is 0 Å². The molecule has 2 aliphatic rings. The van der Waals surface area contributed by atoms with E-state index in [9.17, 15) is 14.3 Å². The third-order valence-corrected chi connectivity index (χ3v) is 7.82. The van der Waals surface area contributed by atoms with Crippen LogP contribution in [0.2, 0.25) is 0 Å². The summed E-state index contributed by atoms with van der Waals surface area (Å²) in [5.74, 6) is -0.0304. The summed E-state index contributed by atoms with van der Waals surface area (Å²) in [7, 11) is 0. The average molecular weight is 547 g/mol. The van der Waals surface area contributed by atoms with Gasteiger partial charge in [0.2, 0.25) is 5.88 Å². The minimum atomic E-state index is -0.910. The molecule has 2 aromatic heterocycles. The average Bonchev–Trinajstić information content (AvgIpc) is 2.91. The molecule has 7 nitrogen and oxygen atoms in total. The zero-order valence-electron chi connectivity index (χ0n) is 23.5. The van der Waals surface area contributed by atoms with Crippen LogP contribution in [0.25, 0.3) is 0 Å². The number of amides is 1. The summed E-state index contributed by atoms with van der Waals surface area (Å²) >= 11 is 0. The van der Waals surface area contributed by atoms with Gasteiger partial charge in [-0.15, -0.1) is 0 Å². The van der Waals surface area contributed by atoms with Gasteiger partial charge in [0.15, 0.2) is 0 Å². The lowest BCUT2D eigenvalue weighted by molar-refractivity contribution is -0.0421. The molecule has 1 spiro atoms. The van der Waals surface area contributed by atoms with E-state index in [1.165, 1.54) is 12.1 Å². The molecule has 40 heavy (non-hydrogen) atoms. The highest BCUT2D eigenvalue weighted by atomic mass is 19.1. The Kier molecular flexibility index (Phi) is 8.19. The van der Waals surface area contributed by atoms with Crippen LogP contribution in [0.1, 0.15) is 79.7 Å². The molecular formula is C32H39FN4O3. The summed E-state index contributed by atoms with van der Waals surface area (Å²) in [6, 6.07) is 12.8. The van der Waals surface area contributed by atoms with Gasteiger partial charge in [0, 0.05) is 37.0 Å². The summed E-state index contributed by atoms with van der Waals surface area (Å²) in [5.41, 5.74) is 3.17. The predicted molar refractivity (Wildman–Crippen MR) is 152 cm³/mol. The zero-order valence-corrected chi connectivity index (χ0v) is 23.5. The highest BCUT2D eigenvalue weighted by Gasteiger charge is 2.46. The minimum absolute atomic E-state index is 0.0379. The number of benzene rings is 1. The molecular weight excluding hydrogens is 507 g/mol. The first kappa shape index (κ1) is 28.2. The quantitative estimate of drug-likeness (QED) is 0.352.